The van der Waals surface area contributed by atoms with E-state index in [1.165, 1.54) is 5.54 Å². The van der Waals surface area contributed by atoms with Crippen LogP contribution in [0.1, 0.15) is 13.8 Å². The van der Waals surface area contributed by atoms with Gasteiger partial charge in [0.15, 0.2) is 0 Å². The van der Waals surface area contributed by atoms with Gasteiger partial charge in [-0.1, -0.05) is 31.5 Å². The Kier molecular flexibility index (Phi) is 7.56. The molecule has 0 aromatic carbocycles. The van der Waals surface area contributed by atoms with Gasteiger partial charge in [-0.25, -0.2) is 0 Å². The first-order valence-electron chi connectivity index (χ1n) is 4.20. The number of hydrogen-bond donors (Lipinski definition) is 1. The molecule has 1 unspecified atom stereocenters. The summed E-state index contributed by atoms with van der Waals surface area (Å²) in [7, 11) is 1.72. The van der Waals surface area contributed by atoms with E-state index in [1.807, 2.05) is 6.08 Å². The predicted molar refractivity (Wildman–Crippen MR) is 53.5 cm³/mol. The zero-order chi connectivity index (χ0) is 9.40. The summed E-state index contributed by atoms with van der Waals surface area (Å²) in [4.78, 5) is 0. The standard InChI is InChI=1S/C9H18ClNO/c1-8(2)9(7-12-3)11-6-4-5-10/h4-5,8-9,11H,6-7H2,1-3H3/b5-4+. The van der Waals surface area contributed by atoms with Gasteiger partial charge in [-0.3, -0.25) is 0 Å². The van der Waals surface area contributed by atoms with Crippen LogP contribution in [0.2, 0.25) is 0 Å². The molecule has 0 aliphatic heterocycles. The summed E-state index contributed by atoms with van der Waals surface area (Å²) in [6.45, 7) is 5.88. The SMILES string of the molecule is COCC(NC/C=C/Cl)C(C)C. The van der Waals surface area contributed by atoms with Crippen molar-refractivity contribution >= 4 is 11.6 Å². The Labute approximate surface area is 79.9 Å². The molecule has 0 spiro atoms. The Morgan fingerprint density at radius 1 is 1.50 bits per heavy atom. The average molecular weight is 192 g/mol. The highest BCUT2D eigenvalue weighted by atomic mass is 35.5. The first-order chi connectivity index (χ1) is 5.72. The van der Waals surface area contributed by atoms with E-state index in [-0.39, 0.29) is 0 Å². The number of hydrogen-bond acceptors (Lipinski definition) is 2. The summed E-state index contributed by atoms with van der Waals surface area (Å²) in [6, 6.07) is 0.405. The van der Waals surface area contributed by atoms with Crippen molar-refractivity contribution in [1.29, 1.82) is 0 Å². The van der Waals surface area contributed by atoms with Crippen LogP contribution in [0.15, 0.2) is 11.6 Å². The maximum Gasteiger partial charge on any atom is 0.0618 e. The van der Waals surface area contributed by atoms with Crippen LogP contribution in [0.3, 0.4) is 0 Å². The summed E-state index contributed by atoms with van der Waals surface area (Å²) >= 11 is 5.39. The summed E-state index contributed by atoms with van der Waals surface area (Å²) < 4.78 is 5.08. The third kappa shape index (κ3) is 5.58. The molecule has 0 aliphatic carbocycles. The smallest absolute Gasteiger partial charge is 0.0618 e. The van der Waals surface area contributed by atoms with Gasteiger partial charge in [-0.15, -0.1) is 0 Å². The van der Waals surface area contributed by atoms with Crippen LogP contribution in [0.5, 0.6) is 0 Å². The minimum atomic E-state index is 0.405. The molecule has 0 aromatic rings. The van der Waals surface area contributed by atoms with E-state index in [9.17, 15) is 0 Å². The number of ether oxygens (including phenoxy) is 1. The Bertz CT molecular complexity index is 126. The number of nitrogens with one attached hydrogen (secondary N) is 1. The van der Waals surface area contributed by atoms with Gasteiger partial charge in [-0.2, -0.15) is 0 Å². The van der Waals surface area contributed by atoms with Gasteiger partial charge in [-0.05, 0) is 5.92 Å². The Balaban J connectivity index is 3.63. The highest BCUT2D eigenvalue weighted by Crippen LogP contribution is 2.01. The Morgan fingerprint density at radius 2 is 2.17 bits per heavy atom. The molecule has 0 radical (unpaired) electrons. The molecular weight excluding hydrogens is 174 g/mol. The highest BCUT2D eigenvalue weighted by molar-refractivity contribution is 6.25. The number of methoxy groups -OCH3 is 1. The van der Waals surface area contributed by atoms with Gasteiger partial charge >= 0.3 is 0 Å². The van der Waals surface area contributed by atoms with Crippen molar-refractivity contribution < 1.29 is 4.74 Å². The molecule has 0 saturated carbocycles. The molecule has 1 N–H and O–H groups in total. The second-order valence-electron chi connectivity index (χ2n) is 3.08. The monoisotopic (exact) mass is 191 g/mol. The maximum atomic E-state index is 5.39. The molecule has 0 rings (SSSR count). The molecule has 0 aromatic heterocycles. The lowest BCUT2D eigenvalue weighted by Gasteiger charge is -2.20. The van der Waals surface area contributed by atoms with Crippen molar-refractivity contribution in [3.63, 3.8) is 0 Å². The van der Waals surface area contributed by atoms with Crippen molar-refractivity contribution in [3.8, 4) is 0 Å². The first kappa shape index (κ1) is 11.9. The van der Waals surface area contributed by atoms with E-state index in [1.54, 1.807) is 7.11 Å². The lowest BCUT2D eigenvalue weighted by Crippen LogP contribution is -2.37. The molecule has 0 aliphatic rings. The van der Waals surface area contributed by atoms with Crippen molar-refractivity contribution in [2.45, 2.75) is 19.9 Å². The van der Waals surface area contributed by atoms with E-state index in [2.05, 4.69) is 19.2 Å². The fourth-order valence-corrected chi connectivity index (χ4v) is 1.02. The molecule has 12 heavy (non-hydrogen) atoms. The summed E-state index contributed by atoms with van der Waals surface area (Å²) in [6.07, 6.45) is 1.88. The maximum absolute atomic E-state index is 5.39. The van der Waals surface area contributed by atoms with Crippen molar-refractivity contribution in [2.75, 3.05) is 20.3 Å². The first-order valence-corrected chi connectivity index (χ1v) is 4.63. The van der Waals surface area contributed by atoms with Gasteiger partial charge in [0.05, 0.1) is 6.61 Å². The van der Waals surface area contributed by atoms with Gasteiger partial charge in [0.25, 0.3) is 0 Å². The fraction of sp³-hybridized carbons (Fsp3) is 0.778. The summed E-state index contributed by atoms with van der Waals surface area (Å²) in [5, 5.41) is 3.32. The lowest BCUT2D eigenvalue weighted by atomic mass is 10.1. The van der Waals surface area contributed by atoms with Crippen LogP contribution in [0, 0.1) is 5.92 Å². The van der Waals surface area contributed by atoms with Gasteiger partial charge in [0, 0.05) is 25.2 Å². The largest absolute Gasteiger partial charge is 0.383 e. The second-order valence-corrected chi connectivity index (χ2v) is 3.33. The second kappa shape index (κ2) is 7.59. The number of rotatable bonds is 6. The number of halogens is 1. The van der Waals surface area contributed by atoms with Crippen LogP contribution in [-0.2, 0) is 4.74 Å². The molecule has 0 bridgehead atoms. The third-order valence-electron chi connectivity index (χ3n) is 1.74. The predicted octanol–water partition coefficient (Wildman–Crippen LogP) is 2.00. The molecule has 0 fully saturated rings. The third-order valence-corrected chi connectivity index (χ3v) is 1.92. The minimum Gasteiger partial charge on any atom is -0.383 e. The molecule has 3 heteroatoms. The normalized spacial score (nSPS) is 14.4. The topological polar surface area (TPSA) is 21.3 Å². The summed E-state index contributed by atoms with van der Waals surface area (Å²) in [5.74, 6) is 0.577. The molecule has 2 nitrogen and oxygen atoms in total. The molecule has 0 saturated heterocycles. The zero-order valence-electron chi connectivity index (χ0n) is 8.01. The van der Waals surface area contributed by atoms with Crippen molar-refractivity contribution in [1.82, 2.24) is 5.32 Å². The zero-order valence-corrected chi connectivity index (χ0v) is 8.77. The van der Waals surface area contributed by atoms with E-state index < -0.39 is 0 Å². The van der Waals surface area contributed by atoms with Crippen LogP contribution >= 0.6 is 11.6 Å². The van der Waals surface area contributed by atoms with Gasteiger partial charge in [0.2, 0.25) is 0 Å². The van der Waals surface area contributed by atoms with Crippen LogP contribution in [0.4, 0.5) is 0 Å². The van der Waals surface area contributed by atoms with Gasteiger partial charge < -0.3 is 10.1 Å². The highest BCUT2D eigenvalue weighted by Gasteiger charge is 2.10. The van der Waals surface area contributed by atoms with Crippen molar-refractivity contribution in [3.05, 3.63) is 11.6 Å². The molecule has 0 amide bonds. The van der Waals surface area contributed by atoms with Crippen LogP contribution in [0.25, 0.3) is 0 Å². The Hall–Kier alpha value is -0.0500. The van der Waals surface area contributed by atoms with Crippen LogP contribution in [-0.4, -0.2) is 26.3 Å². The van der Waals surface area contributed by atoms with E-state index >= 15 is 0 Å². The van der Waals surface area contributed by atoms with E-state index in [4.69, 9.17) is 16.3 Å². The van der Waals surface area contributed by atoms with E-state index in [0.29, 0.717) is 12.0 Å². The van der Waals surface area contributed by atoms with Crippen LogP contribution < -0.4 is 5.32 Å². The average Bonchev–Trinajstić information content (AvgIpc) is 2.03. The van der Waals surface area contributed by atoms with Crippen molar-refractivity contribution in [2.24, 2.45) is 5.92 Å². The lowest BCUT2D eigenvalue weighted by molar-refractivity contribution is 0.149. The summed E-state index contributed by atoms with van der Waals surface area (Å²) in [5.41, 5.74) is 1.52. The molecule has 0 heterocycles. The Morgan fingerprint density at radius 3 is 2.58 bits per heavy atom. The molecule has 1 atom stereocenters. The minimum absolute atomic E-state index is 0.405. The van der Waals surface area contributed by atoms with E-state index in [0.717, 1.165) is 13.2 Å². The molecule has 72 valence electrons. The molecular formula is C9H18ClNO. The quantitative estimate of drug-likeness (QED) is 0.694. The van der Waals surface area contributed by atoms with Gasteiger partial charge in [0.1, 0.15) is 0 Å². The fourth-order valence-electron chi connectivity index (χ4n) is 0.931.